The lowest BCUT2D eigenvalue weighted by Gasteiger charge is -2.18. The lowest BCUT2D eigenvalue weighted by Crippen LogP contribution is -2.39. The molecule has 0 aromatic heterocycles. The number of para-hydroxylation sites is 1. The lowest BCUT2D eigenvalue weighted by molar-refractivity contribution is -0.377. The van der Waals surface area contributed by atoms with Gasteiger partial charge >= 0.3 is 0 Å². The van der Waals surface area contributed by atoms with E-state index in [0.29, 0.717) is 5.69 Å². The second-order valence-corrected chi connectivity index (χ2v) is 4.54. The van der Waals surface area contributed by atoms with E-state index in [1.807, 2.05) is 18.2 Å². The van der Waals surface area contributed by atoms with Gasteiger partial charge in [0.05, 0.1) is 5.69 Å². The van der Waals surface area contributed by atoms with Crippen LogP contribution in [0, 0.1) is 10.4 Å². The van der Waals surface area contributed by atoms with Crippen LogP contribution < -0.4 is 16.6 Å². The minimum absolute atomic E-state index is 0.0748. The molecule has 0 fully saturated rings. The molecule has 0 aliphatic heterocycles. The maximum absolute atomic E-state index is 10.7. The Labute approximate surface area is 136 Å². The number of allylic oxidation sites excluding steroid dienone is 3. The van der Waals surface area contributed by atoms with E-state index in [0.717, 1.165) is 6.08 Å². The summed E-state index contributed by atoms with van der Waals surface area (Å²) in [6.07, 6.45) is 4.91. The molecule has 0 amide bonds. The molecular weight excluding hydrogens is 316 g/mol. The van der Waals surface area contributed by atoms with E-state index in [9.17, 15) is 10.4 Å². The second kappa shape index (κ2) is 7.67. The van der Waals surface area contributed by atoms with E-state index in [1.165, 1.54) is 18.4 Å². The summed E-state index contributed by atoms with van der Waals surface area (Å²) in [6, 6.07) is 9.00. The van der Waals surface area contributed by atoms with Gasteiger partial charge in [0.1, 0.15) is 5.70 Å². The van der Waals surface area contributed by atoms with Crippen molar-refractivity contribution in [2.45, 2.75) is 0 Å². The molecule has 10 heteroatoms. The zero-order valence-corrected chi connectivity index (χ0v) is 12.3. The van der Waals surface area contributed by atoms with Crippen LogP contribution in [-0.4, -0.2) is 32.2 Å². The largest absolute Gasteiger partial charge is 0.612 e. The molecule has 0 saturated carbocycles. The predicted molar refractivity (Wildman–Crippen MR) is 86.7 cm³/mol. The third-order valence-electron chi connectivity index (χ3n) is 2.87. The Morgan fingerprint density at radius 3 is 2.54 bits per heavy atom. The number of nitrogens with one attached hydrogen (secondary N) is 2. The van der Waals surface area contributed by atoms with Crippen molar-refractivity contribution in [1.82, 2.24) is 16.1 Å². The first-order chi connectivity index (χ1) is 11.5. The Morgan fingerprint density at radius 2 is 1.92 bits per heavy atom. The summed E-state index contributed by atoms with van der Waals surface area (Å²) < 4.78 is 0. The van der Waals surface area contributed by atoms with Gasteiger partial charge in [-0.05, 0) is 18.2 Å². The normalized spacial score (nSPS) is 15.9. The quantitative estimate of drug-likeness (QED) is 0.232. The van der Waals surface area contributed by atoms with Gasteiger partial charge in [0.2, 0.25) is 11.7 Å². The van der Waals surface area contributed by atoms with Crippen molar-refractivity contribution in [3.8, 4) is 0 Å². The second-order valence-electron chi connectivity index (χ2n) is 4.54. The molecule has 2 rings (SSSR count). The number of hydrazine groups is 1. The van der Waals surface area contributed by atoms with Crippen molar-refractivity contribution in [1.29, 1.82) is 0 Å². The van der Waals surface area contributed by atoms with Crippen LogP contribution in [0.4, 0.5) is 5.69 Å². The van der Waals surface area contributed by atoms with Crippen LogP contribution in [0.25, 0.3) is 0 Å². The highest BCUT2D eigenvalue weighted by molar-refractivity contribution is 6.03. The van der Waals surface area contributed by atoms with Crippen molar-refractivity contribution in [3.05, 3.63) is 76.4 Å². The number of nitrogens with two attached hydrogens (primary N) is 1. The van der Waals surface area contributed by atoms with Gasteiger partial charge in [-0.1, -0.05) is 18.2 Å². The van der Waals surface area contributed by atoms with Crippen LogP contribution in [0.5, 0.6) is 0 Å². The number of rotatable bonds is 4. The molecular formula is C14H15N6O4-. The predicted octanol–water partition coefficient (Wildman–Crippen LogP) is 0.594. The van der Waals surface area contributed by atoms with E-state index >= 15 is 0 Å². The third-order valence-corrected chi connectivity index (χ3v) is 2.87. The maximum Gasteiger partial charge on any atom is 0.225 e. The van der Waals surface area contributed by atoms with Crippen molar-refractivity contribution in [3.63, 3.8) is 0 Å². The molecule has 126 valence electrons. The fraction of sp³-hybridized carbons (Fsp3) is 0. The Kier molecular flexibility index (Phi) is 5.39. The fourth-order valence-corrected chi connectivity index (χ4v) is 1.80. The van der Waals surface area contributed by atoms with Gasteiger partial charge in [0.25, 0.3) is 0 Å². The van der Waals surface area contributed by atoms with Crippen molar-refractivity contribution in [2.24, 2.45) is 10.7 Å². The van der Waals surface area contributed by atoms with Gasteiger partial charge in [-0.2, -0.15) is 4.90 Å². The topological polar surface area (TPSA) is 155 Å². The molecule has 0 saturated heterocycles. The summed E-state index contributed by atoms with van der Waals surface area (Å²) in [5.74, 6) is 0.0748. The molecule has 6 N–H and O–H groups in total. The highest BCUT2D eigenvalue weighted by Crippen LogP contribution is 2.17. The summed E-state index contributed by atoms with van der Waals surface area (Å²) >= 11 is 0. The molecule has 0 unspecified atom stereocenters. The average Bonchev–Trinajstić information content (AvgIpc) is 2.55. The van der Waals surface area contributed by atoms with Gasteiger partial charge in [-0.3, -0.25) is 15.8 Å². The van der Waals surface area contributed by atoms with Crippen molar-refractivity contribution < 1.29 is 15.3 Å². The monoisotopic (exact) mass is 331 g/mol. The van der Waals surface area contributed by atoms with Crippen LogP contribution in [0.15, 0.2) is 71.0 Å². The third kappa shape index (κ3) is 4.50. The van der Waals surface area contributed by atoms with Crippen LogP contribution >= 0.6 is 0 Å². The lowest BCUT2D eigenvalue weighted by atomic mass is 10.1. The first-order valence-electron chi connectivity index (χ1n) is 6.67. The Morgan fingerprint density at radius 1 is 1.21 bits per heavy atom. The zero-order chi connectivity index (χ0) is 17.5. The number of hydrogen-bond acceptors (Lipinski definition) is 7. The molecule has 1 aliphatic rings. The van der Waals surface area contributed by atoms with E-state index < -0.39 is 4.90 Å². The summed E-state index contributed by atoms with van der Waals surface area (Å²) in [5.41, 5.74) is 11.3. The van der Waals surface area contributed by atoms with Crippen molar-refractivity contribution in [2.75, 3.05) is 0 Å². The molecule has 0 radical (unpaired) electrons. The summed E-state index contributed by atoms with van der Waals surface area (Å²) in [5, 5.41) is 39.6. The first kappa shape index (κ1) is 16.9. The van der Waals surface area contributed by atoms with Crippen LogP contribution in [0.1, 0.15) is 0 Å². The number of benzene rings is 1. The molecule has 0 bridgehead atoms. The molecule has 1 aromatic rings. The van der Waals surface area contributed by atoms with Crippen LogP contribution in [0.2, 0.25) is 0 Å². The SMILES string of the molecule is NC(=Nc1ccccc1)NN/C=C1\C=CC(=[N+]([O-])[O-])C=C1N(O)O. The Balaban J connectivity index is 2.06. The van der Waals surface area contributed by atoms with Gasteiger partial charge in [0, 0.05) is 23.9 Å². The molecule has 0 spiro atoms. The number of aliphatic imine (C=N–C) groups is 1. The molecule has 1 aromatic carbocycles. The van der Waals surface area contributed by atoms with Crippen molar-refractivity contribution >= 4 is 17.4 Å². The van der Waals surface area contributed by atoms with E-state index in [2.05, 4.69) is 15.8 Å². The summed E-state index contributed by atoms with van der Waals surface area (Å²) in [7, 11) is 0. The highest BCUT2D eigenvalue weighted by Gasteiger charge is 2.16. The first-order valence-corrected chi connectivity index (χ1v) is 6.67. The number of nitrogens with zero attached hydrogens (tertiary/aromatic N) is 3. The number of hydrogen-bond donors (Lipinski definition) is 5. The number of guanidine groups is 1. The Hall–Kier alpha value is -3.50. The molecule has 24 heavy (non-hydrogen) atoms. The highest BCUT2D eigenvalue weighted by atomic mass is 16.8. The van der Waals surface area contributed by atoms with E-state index in [4.69, 9.17) is 16.1 Å². The van der Waals surface area contributed by atoms with Crippen LogP contribution in [0.3, 0.4) is 0 Å². The molecule has 10 nitrogen and oxygen atoms in total. The van der Waals surface area contributed by atoms with Gasteiger partial charge < -0.3 is 21.6 Å². The average molecular weight is 331 g/mol. The maximum atomic E-state index is 10.7. The molecule has 1 aliphatic carbocycles. The van der Waals surface area contributed by atoms with E-state index in [1.54, 1.807) is 12.1 Å². The molecule has 0 heterocycles. The standard InChI is InChI=1S/C14H15N6O4/c15-14(17-11-4-2-1-3-5-11)18-16-9-10-6-7-12(19(21)22)8-13(10)20(23)24/h1-9,16,23-24H,(H3-,15,17,18,21,22)/q-1/b10-9+. The smallest absolute Gasteiger partial charge is 0.225 e. The van der Waals surface area contributed by atoms with Crippen LogP contribution in [-0.2, 0) is 0 Å². The summed E-state index contributed by atoms with van der Waals surface area (Å²) in [6.45, 7) is 0. The Bertz CT molecular complexity index is 733. The zero-order valence-electron chi connectivity index (χ0n) is 12.3. The van der Waals surface area contributed by atoms with Gasteiger partial charge in [-0.25, -0.2) is 4.99 Å². The van der Waals surface area contributed by atoms with E-state index in [-0.39, 0.29) is 28.2 Å². The summed E-state index contributed by atoms with van der Waals surface area (Å²) in [4.78, 5) is 3.44. The molecule has 0 atom stereocenters. The fourth-order valence-electron chi connectivity index (χ4n) is 1.80. The van der Waals surface area contributed by atoms with Gasteiger partial charge in [-0.15, -0.1) is 5.23 Å². The minimum atomic E-state index is -0.646. The minimum Gasteiger partial charge on any atom is -0.612 e. The van der Waals surface area contributed by atoms with Gasteiger partial charge in [0.15, 0.2) is 0 Å². The number of hydroxylamine groups is 2.